The molecule has 0 N–H and O–H groups in total. The molecule has 1 heterocycles. The van der Waals surface area contributed by atoms with E-state index >= 15 is 0 Å². The summed E-state index contributed by atoms with van der Waals surface area (Å²) in [5.41, 5.74) is 1.21. The fourth-order valence-electron chi connectivity index (χ4n) is 3.08. The summed E-state index contributed by atoms with van der Waals surface area (Å²) < 4.78 is 6.48. The highest BCUT2D eigenvalue weighted by Crippen LogP contribution is 2.26. The summed E-state index contributed by atoms with van der Waals surface area (Å²) in [5, 5.41) is 8.94. The van der Waals surface area contributed by atoms with Crippen molar-refractivity contribution >= 4 is 28.3 Å². The number of carbonyl (C=O) groups excluding carboxylic acids is 1. The normalized spacial score (nSPS) is 12.1. The lowest BCUT2D eigenvalue weighted by molar-refractivity contribution is -0.120. The molecule has 1 atom stereocenters. The van der Waals surface area contributed by atoms with Crippen LogP contribution in [0.5, 0.6) is 5.75 Å². The van der Waals surface area contributed by atoms with Crippen molar-refractivity contribution in [3.8, 4) is 5.75 Å². The molecule has 27 heavy (non-hydrogen) atoms. The average molecular weight is 386 g/mol. The molecule has 140 valence electrons. The predicted molar refractivity (Wildman–Crippen MR) is 104 cm³/mol. The zero-order chi connectivity index (χ0) is 19.4. The highest BCUT2D eigenvalue weighted by atomic mass is 35.5. The first-order valence-corrected chi connectivity index (χ1v) is 9.02. The molecule has 0 saturated heterocycles. The van der Waals surface area contributed by atoms with Gasteiger partial charge in [-0.25, -0.2) is 4.68 Å². The number of rotatable bonds is 7. The Morgan fingerprint density at radius 2 is 2.04 bits per heavy atom. The third-order valence-electron chi connectivity index (χ3n) is 4.35. The van der Waals surface area contributed by atoms with Gasteiger partial charge in [-0.15, -0.1) is 5.10 Å². The minimum absolute atomic E-state index is 0.0675. The maximum atomic E-state index is 12.4. The zero-order valence-corrected chi connectivity index (χ0v) is 15.9. The molecular formula is C20H20ClN3O3. The number of hydrogen-bond acceptors (Lipinski definition) is 5. The van der Waals surface area contributed by atoms with E-state index in [-0.39, 0.29) is 23.8 Å². The van der Waals surface area contributed by atoms with Crippen LogP contribution in [0, 0.1) is 5.92 Å². The van der Waals surface area contributed by atoms with Gasteiger partial charge < -0.3 is 4.74 Å². The summed E-state index contributed by atoms with van der Waals surface area (Å²) in [7, 11) is 1.59. The lowest BCUT2D eigenvalue weighted by atomic mass is 9.95. The molecule has 3 rings (SSSR count). The number of fused-ring (bicyclic) bond motifs is 1. The molecule has 1 aromatic heterocycles. The summed E-state index contributed by atoms with van der Waals surface area (Å²) in [4.78, 5) is 24.9. The van der Waals surface area contributed by atoms with Crippen LogP contribution < -0.4 is 10.3 Å². The topological polar surface area (TPSA) is 74.1 Å². The highest BCUT2D eigenvalue weighted by Gasteiger charge is 2.15. The van der Waals surface area contributed by atoms with Gasteiger partial charge in [0.15, 0.2) is 5.78 Å². The Morgan fingerprint density at radius 1 is 1.26 bits per heavy atom. The Bertz CT molecular complexity index is 1030. The van der Waals surface area contributed by atoms with Gasteiger partial charge in [-0.1, -0.05) is 41.9 Å². The van der Waals surface area contributed by atoms with Gasteiger partial charge >= 0.3 is 0 Å². The van der Waals surface area contributed by atoms with Crippen molar-refractivity contribution in [1.82, 2.24) is 15.0 Å². The number of ether oxygens (including phenoxy) is 1. The summed E-state index contributed by atoms with van der Waals surface area (Å²) >= 11 is 5.98. The molecule has 0 unspecified atom stereocenters. The van der Waals surface area contributed by atoms with Gasteiger partial charge in [0.05, 0.1) is 12.5 Å². The summed E-state index contributed by atoms with van der Waals surface area (Å²) in [6.45, 7) is 1.90. The standard InChI is InChI=1S/C20H20ClN3O3/c1-13(9-14-7-8-15(21)11-19(14)27-2)10-16(25)12-24-20(26)17-5-3-4-6-18(17)22-23-24/h3-8,11,13H,9-10,12H2,1-2H3/t13-/m0/s1. The van der Waals surface area contributed by atoms with Crippen molar-refractivity contribution in [2.45, 2.75) is 26.3 Å². The van der Waals surface area contributed by atoms with E-state index < -0.39 is 0 Å². The van der Waals surface area contributed by atoms with Crippen LogP contribution in [-0.4, -0.2) is 27.9 Å². The van der Waals surface area contributed by atoms with Gasteiger partial charge in [0.2, 0.25) is 0 Å². The number of hydrogen-bond donors (Lipinski definition) is 0. The SMILES string of the molecule is COc1cc(Cl)ccc1C[C@H](C)CC(=O)Cn1nnc2ccccc2c1=O. The third-order valence-corrected chi connectivity index (χ3v) is 4.58. The van der Waals surface area contributed by atoms with Crippen molar-refractivity contribution < 1.29 is 9.53 Å². The average Bonchev–Trinajstić information content (AvgIpc) is 2.65. The molecule has 0 aliphatic carbocycles. The molecule has 6 nitrogen and oxygen atoms in total. The van der Waals surface area contributed by atoms with Gasteiger partial charge in [0, 0.05) is 11.4 Å². The maximum absolute atomic E-state index is 12.4. The van der Waals surface area contributed by atoms with Crippen LogP contribution in [0.3, 0.4) is 0 Å². The molecule has 0 fully saturated rings. The van der Waals surface area contributed by atoms with E-state index in [1.165, 1.54) is 0 Å². The van der Waals surface area contributed by atoms with Gasteiger partial charge in [-0.05, 0) is 42.2 Å². The van der Waals surface area contributed by atoms with Crippen LogP contribution in [0.15, 0.2) is 47.3 Å². The van der Waals surface area contributed by atoms with E-state index in [0.717, 1.165) is 10.2 Å². The predicted octanol–water partition coefficient (Wildman–Crippen LogP) is 3.29. The van der Waals surface area contributed by atoms with Crippen LogP contribution in [0.2, 0.25) is 5.02 Å². The number of methoxy groups -OCH3 is 1. The molecule has 0 radical (unpaired) electrons. The van der Waals surface area contributed by atoms with E-state index in [9.17, 15) is 9.59 Å². The van der Waals surface area contributed by atoms with Crippen molar-refractivity contribution in [3.63, 3.8) is 0 Å². The quantitative estimate of drug-likeness (QED) is 0.623. The summed E-state index contributed by atoms with van der Waals surface area (Å²) in [5.74, 6) is 0.720. The van der Waals surface area contributed by atoms with Gasteiger partial charge in [-0.2, -0.15) is 0 Å². The van der Waals surface area contributed by atoms with E-state index in [4.69, 9.17) is 16.3 Å². The van der Waals surface area contributed by atoms with E-state index in [1.54, 1.807) is 43.5 Å². The van der Waals surface area contributed by atoms with Crippen LogP contribution in [0.4, 0.5) is 0 Å². The number of Topliss-reactive ketones (excluding diaryl/α,β-unsaturated/α-hetero) is 1. The second-order valence-electron chi connectivity index (χ2n) is 6.58. The monoisotopic (exact) mass is 385 g/mol. The molecule has 7 heteroatoms. The van der Waals surface area contributed by atoms with Crippen molar-refractivity contribution in [2.75, 3.05) is 7.11 Å². The molecule has 0 amide bonds. The van der Waals surface area contributed by atoms with Crippen LogP contribution in [0.25, 0.3) is 10.9 Å². The molecule has 2 aromatic carbocycles. The fraction of sp³-hybridized carbons (Fsp3) is 0.300. The first kappa shape index (κ1) is 19.0. The van der Waals surface area contributed by atoms with Crippen molar-refractivity contribution in [1.29, 1.82) is 0 Å². The number of halogens is 1. The Labute approximate surface area is 161 Å². The Hall–Kier alpha value is -2.73. The Balaban J connectivity index is 1.67. The number of carbonyl (C=O) groups is 1. The zero-order valence-electron chi connectivity index (χ0n) is 15.2. The Kier molecular flexibility index (Phi) is 5.86. The molecule has 0 aliphatic rings. The molecule has 0 bridgehead atoms. The summed E-state index contributed by atoms with van der Waals surface area (Å²) in [6, 6.07) is 12.4. The number of aromatic nitrogens is 3. The second kappa shape index (κ2) is 8.31. The van der Waals surface area contributed by atoms with Gasteiger partial charge in [0.25, 0.3) is 5.56 Å². The van der Waals surface area contributed by atoms with Crippen LogP contribution in [0.1, 0.15) is 18.9 Å². The first-order valence-electron chi connectivity index (χ1n) is 8.64. The summed E-state index contributed by atoms with van der Waals surface area (Å²) in [6.07, 6.45) is 0.997. The lowest BCUT2D eigenvalue weighted by Crippen LogP contribution is -2.28. The van der Waals surface area contributed by atoms with E-state index in [0.29, 0.717) is 34.5 Å². The minimum Gasteiger partial charge on any atom is -0.496 e. The molecule has 0 saturated carbocycles. The maximum Gasteiger partial charge on any atom is 0.278 e. The van der Waals surface area contributed by atoms with Crippen LogP contribution >= 0.6 is 11.6 Å². The largest absolute Gasteiger partial charge is 0.496 e. The molecule has 0 spiro atoms. The molecule has 3 aromatic rings. The Morgan fingerprint density at radius 3 is 2.81 bits per heavy atom. The van der Waals surface area contributed by atoms with Crippen molar-refractivity contribution in [2.24, 2.45) is 5.92 Å². The van der Waals surface area contributed by atoms with Gasteiger partial charge in [0.1, 0.15) is 17.8 Å². The molecule has 0 aliphatic heterocycles. The van der Waals surface area contributed by atoms with Gasteiger partial charge in [-0.3, -0.25) is 9.59 Å². The van der Waals surface area contributed by atoms with E-state index in [2.05, 4.69) is 10.3 Å². The van der Waals surface area contributed by atoms with Crippen molar-refractivity contribution in [3.05, 3.63) is 63.4 Å². The number of ketones is 1. The third kappa shape index (κ3) is 4.52. The lowest BCUT2D eigenvalue weighted by Gasteiger charge is -2.14. The van der Waals surface area contributed by atoms with Crippen LogP contribution in [-0.2, 0) is 17.8 Å². The highest BCUT2D eigenvalue weighted by molar-refractivity contribution is 6.30. The number of nitrogens with zero attached hydrogens (tertiary/aromatic N) is 3. The first-order chi connectivity index (χ1) is 13.0. The second-order valence-corrected chi connectivity index (χ2v) is 7.01. The fourth-order valence-corrected chi connectivity index (χ4v) is 3.24. The number of benzene rings is 2. The molecular weight excluding hydrogens is 366 g/mol. The minimum atomic E-state index is -0.305. The smallest absolute Gasteiger partial charge is 0.278 e. The van der Waals surface area contributed by atoms with E-state index in [1.807, 2.05) is 13.0 Å².